The molecule has 0 aliphatic carbocycles. The zero-order valence-corrected chi connectivity index (χ0v) is 15.8. The minimum absolute atomic E-state index is 0.242. The molecule has 3 nitrogen and oxygen atoms in total. The van der Waals surface area contributed by atoms with Crippen molar-refractivity contribution in [3.8, 4) is 0 Å². The van der Waals surface area contributed by atoms with Crippen LogP contribution in [-0.4, -0.2) is 22.3 Å². The van der Waals surface area contributed by atoms with Gasteiger partial charge in [-0.25, -0.2) is 0 Å². The van der Waals surface area contributed by atoms with Gasteiger partial charge in [-0.2, -0.15) is 0 Å². The standard InChI is InChI=1S/C21H40O3/c1-2-3-17-20(22)18-15-13-11-9-7-5-4-6-8-10-12-14-16-19-21(23)24/h15,18,20,22H,2-14,16-17,19H2,1H3,(H,23,24)/t20-/m1/s1. The van der Waals surface area contributed by atoms with Gasteiger partial charge in [-0.3, -0.25) is 4.79 Å². The van der Waals surface area contributed by atoms with Crippen molar-refractivity contribution in [1.29, 1.82) is 0 Å². The van der Waals surface area contributed by atoms with Crippen LogP contribution in [-0.2, 0) is 4.79 Å². The molecular weight excluding hydrogens is 300 g/mol. The lowest BCUT2D eigenvalue weighted by Crippen LogP contribution is -2.00. The van der Waals surface area contributed by atoms with Crippen LogP contribution in [0.3, 0.4) is 0 Å². The van der Waals surface area contributed by atoms with E-state index in [2.05, 4.69) is 13.0 Å². The summed E-state index contributed by atoms with van der Waals surface area (Å²) >= 11 is 0. The number of rotatable bonds is 18. The van der Waals surface area contributed by atoms with Gasteiger partial charge in [0, 0.05) is 6.42 Å². The molecule has 0 aromatic heterocycles. The van der Waals surface area contributed by atoms with Crippen LogP contribution in [0.1, 0.15) is 110 Å². The maximum atomic E-state index is 10.4. The summed E-state index contributed by atoms with van der Waals surface area (Å²) in [5.74, 6) is -0.668. The monoisotopic (exact) mass is 340 g/mol. The molecule has 24 heavy (non-hydrogen) atoms. The predicted octanol–water partition coefficient (Wildman–Crippen LogP) is 6.25. The molecule has 1 atom stereocenters. The Morgan fingerprint density at radius 3 is 1.83 bits per heavy atom. The Bertz CT molecular complexity index is 299. The first kappa shape index (κ1) is 23.2. The van der Waals surface area contributed by atoms with Crippen molar-refractivity contribution in [2.24, 2.45) is 0 Å². The second-order valence-electron chi connectivity index (χ2n) is 6.96. The highest BCUT2D eigenvalue weighted by Crippen LogP contribution is 2.13. The predicted molar refractivity (Wildman–Crippen MR) is 102 cm³/mol. The Morgan fingerprint density at radius 2 is 1.33 bits per heavy atom. The fourth-order valence-electron chi connectivity index (χ4n) is 2.89. The molecule has 0 amide bonds. The number of hydrogen-bond acceptors (Lipinski definition) is 2. The molecular formula is C21H40O3. The molecule has 0 bridgehead atoms. The van der Waals surface area contributed by atoms with Crippen molar-refractivity contribution in [2.45, 2.75) is 116 Å². The number of aliphatic carboxylic acids is 1. The first-order valence-electron chi connectivity index (χ1n) is 10.2. The number of allylic oxidation sites excluding steroid dienone is 1. The van der Waals surface area contributed by atoms with Gasteiger partial charge in [-0.05, 0) is 25.7 Å². The lowest BCUT2D eigenvalue weighted by molar-refractivity contribution is -0.137. The number of carboxylic acid groups (broad SMARTS) is 1. The minimum atomic E-state index is -0.668. The molecule has 142 valence electrons. The summed E-state index contributed by atoms with van der Waals surface area (Å²) in [6.07, 6.45) is 21.9. The number of carboxylic acids is 1. The zero-order valence-electron chi connectivity index (χ0n) is 15.8. The summed E-state index contributed by atoms with van der Waals surface area (Å²) in [5.41, 5.74) is 0. The lowest BCUT2D eigenvalue weighted by atomic mass is 10.0. The maximum Gasteiger partial charge on any atom is 0.303 e. The molecule has 0 aromatic rings. The van der Waals surface area contributed by atoms with Gasteiger partial charge in [0.15, 0.2) is 0 Å². The average molecular weight is 341 g/mol. The summed E-state index contributed by atoms with van der Waals surface area (Å²) in [4.78, 5) is 10.4. The Kier molecular flexibility index (Phi) is 17.9. The van der Waals surface area contributed by atoms with Crippen molar-refractivity contribution in [1.82, 2.24) is 0 Å². The molecule has 0 aliphatic rings. The van der Waals surface area contributed by atoms with Gasteiger partial charge in [0.25, 0.3) is 0 Å². The van der Waals surface area contributed by atoms with Crippen LogP contribution < -0.4 is 0 Å². The largest absolute Gasteiger partial charge is 0.481 e. The molecule has 3 heteroatoms. The van der Waals surface area contributed by atoms with E-state index >= 15 is 0 Å². The number of aliphatic hydroxyl groups is 1. The SMILES string of the molecule is CCCC[C@@H](O)C=CCCCCCCCCCCCCCC(=O)O. The molecule has 0 spiro atoms. The van der Waals surface area contributed by atoms with E-state index in [1.807, 2.05) is 6.08 Å². The van der Waals surface area contributed by atoms with Crippen molar-refractivity contribution in [3.05, 3.63) is 12.2 Å². The summed E-state index contributed by atoms with van der Waals surface area (Å²) < 4.78 is 0. The molecule has 0 heterocycles. The Morgan fingerprint density at radius 1 is 0.833 bits per heavy atom. The van der Waals surface area contributed by atoms with Gasteiger partial charge in [-0.1, -0.05) is 89.7 Å². The van der Waals surface area contributed by atoms with E-state index in [0.717, 1.165) is 38.5 Å². The van der Waals surface area contributed by atoms with Crippen LogP contribution in [0.5, 0.6) is 0 Å². The number of carbonyl (C=O) groups is 1. The van der Waals surface area contributed by atoms with Crippen LogP contribution in [0, 0.1) is 0 Å². The fraction of sp³-hybridized carbons (Fsp3) is 0.857. The molecule has 0 radical (unpaired) electrons. The van der Waals surface area contributed by atoms with E-state index in [9.17, 15) is 9.90 Å². The zero-order chi connectivity index (χ0) is 17.9. The van der Waals surface area contributed by atoms with Crippen molar-refractivity contribution >= 4 is 5.97 Å². The highest BCUT2D eigenvalue weighted by Gasteiger charge is 1.98. The molecule has 0 aliphatic heterocycles. The van der Waals surface area contributed by atoms with Gasteiger partial charge in [0.2, 0.25) is 0 Å². The van der Waals surface area contributed by atoms with Crippen LogP contribution in [0.15, 0.2) is 12.2 Å². The molecule has 0 unspecified atom stereocenters. The molecule has 0 aromatic carbocycles. The first-order valence-corrected chi connectivity index (χ1v) is 10.2. The highest BCUT2D eigenvalue weighted by atomic mass is 16.4. The topological polar surface area (TPSA) is 57.5 Å². The number of aliphatic hydroxyl groups excluding tert-OH is 1. The third kappa shape index (κ3) is 19.2. The Hall–Kier alpha value is -0.830. The second-order valence-corrected chi connectivity index (χ2v) is 6.96. The van der Waals surface area contributed by atoms with E-state index < -0.39 is 5.97 Å². The second kappa shape index (κ2) is 18.5. The van der Waals surface area contributed by atoms with Crippen molar-refractivity contribution < 1.29 is 15.0 Å². The van der Waals surface area contributed by atoms with Gasteiger partial charge in [0.05, 0.1) is 6.10 Å². The van der Waals surface area contributed by atoms with Crippen molar-refractivity contribution in [2.75, 3.05) is 0 Å². The van der Waals surface area contributed by atoms with Crippen molar-refractivity contribution in [3.63, 3.8) is 0 Å². The van der Waals surface area contributed by atoms with E-state index in [-0.39, 0.29) is 6.10 Å². The normalized spacial score (nSPS) is 12.8. The quantitative estimate of drug-likeness (QED) is 0.229. The van der Waals surface area contributed by atoms with Crippen LogP contribution >= 0.6 is 0 Å². The Labute approximate surface area is 149 Å². The average Bonchev–Trinajstić information content (AvgIpc) is 2.56. The fourth-order valence-corrected chi connectivity index (χ4v) is 2.89. The first-order chi connectivity index (χ1) is 11.7. The third-order valence-corrected chi connectivity index (χ3v) is 4.47. The summed E-state index contributed by atoms with van der Waals surface area (Å²) in [7, 11) is 0. The third-order valence-electron chi connectivity index (χ3n) is 4.47. The van der Waals surface area contributed by atoms with Gasteiger partial charge < -0.3 is 10.2 Å². The summed E-state index contributed by atoms with van der Waals surface area (Å²) in [5, 5.41) is 18.2. The number of unbranched alkanes of at least 4 members (excludes halogenated alkanes) is 12. The smallest absolute Gasteiger partial charge is 0.303 e. The lowest BCUT2D eigenvalue weighted by Gasteiger charge is -2.03. The molecule has 0 saturated heterocycles. The van der Waals surface area contributed by atoms with Crippen LogP contribution in [0.4, 0.5) is 0 Å². The van der Waals surface area contributed by atoms with E-state index in [0.29, 0.717) is 6.42 Å². The maximum absolute atomic E-state index is 10.4. The highest BCUT2D eigenvalue weighted by molar-refractivity contribution is 5.66. The van der Waals surface area contributed by atoms with Gasteiger partial charge >= 0.3 is 5.97 Å². The van der Waals surface area contributed by atoms with Crippen LogP contribution in [0.25, 0.3) is 0 Å². The minimum Gasteiger partial charge on any atom is -0.481 e. The Balaban J connectivity index is 3.15. The molecule has 0 saturated carbocycles. The van der Waals surface area contributed by atoms with Gasteiger partial charge in [0.1, 0.15) is 0 Å². The number of hydrogen-bond donors (Lipinski definition) is 2. The summed E-state index contributed by atoms with van der Waals surface area (Å²) in [6, 6.07) is 0. The van der Waals surface area contributed by atoms with Crippen LogP contribution in [0.2, 0.25) is 0 Å². The summed E-state index contributed by atoms with van der Waals surface area (Å²) in [6.45, 7) is 2.15. The van der Waals surface area contributed by atoms with E-state index in [4.69, 9.17) is 5.11 Å². The van der Waals surface area contributed by atoms with Gasteiger partial charge in [-0.15, -0.1) is 0 Å². The van der Waals surface area contributed by atoms with E-state index in [1.165, 1.54) is 57.8 Å². The molecule has 2 N–H and O–H groups in total. The molecule has 0 fully saturated rings. The molecule has 0 rings (SSSR count). The van der Waals surface area contributed by atoms with E-state index in [1.54, 1.807) is 0 Å².